The molecule has 0 aromatic carbocycles. The minimum absolute atomic E-state index is 0.276. The van der Waals surface area contributed by atoms with Crippen molar-refractivity contribution in [2.24, 2.45) is 0 Å². The maximum atomic E-state index is 10.9. The van der Waals surface area contributed by atoms with E-state index < -0.39 is 0 Å². The summed E-state index contributed by atoms with van der Waals surface area (Å²) in [5.41, 5.74) is 0. The number of rotatable bonds is 3. The minimum Gasteiger partial charge on any atom is -0.299 e. The lowest BCUT2D eigenvalue weighted by molar-refractivity contribution is -0.118. The number of Topliss-reactive ketones (excluding diaryl/α,β-unsaturated/α-hetero) is 1. The zero-order valence-corrected chi connectivity index (χ0v) is 10.9. The summed E-state index contributed by atoms with van der Waals surface area (Å²) < 4.78 is 0. The van der Waals surface area contributed by atoms with E-state index in [4.69, 9.17) is 0 Å². The van der Waals surface area contributed by atoms with Crippen LogP contribution in [0.15, 0.2) is 0 Å². The Morgan fingerprint density at radius 2 is 1.60 bits per heavy atom. The molecule has 0 saturated carbocycles. The van der Waals surface area contributed by atoms with Gasteiger partial charge in [0.15, 0.2) is 0 Å². The van der Waals surface area contributed by atoms with Crippen molar-refractivity contribution >= 4 is 5.78 Å². The van der Waals surface area contributed by atoms with Crippen molar-refractivity contribution in [2.75, 3.05) is 32.7 Å². The van der Waals surface area contributed by atoms with Crippen LogP contribution in [0.4, 0.5) is 0 Å². The van der Waals surface area contributed by atoms with Crippen LogP contribution in [0, 0.1) is 0 Å². The second-order valence-corrected chi connectivity index (χ2v) is 4.11. The lowest BCUT2D eigenvalue weighted by atomic mass is 10.2. The van der Waals surface area contributed by atoms with E-state index in [0.29, 0.717) is 12.6 Å². The fourth-order valence-electron chi connectivity index (χ4n) is 1.75. The van der Waals surface area contributed by atoms with E-state index in [9.17, 15) is 4.79 Å². The predicted molar refractivity (Wildman–Crippen MR) is 65.2 cm³/mol. The van der Waals surface area contributed by atoms with Gasteiger partial charge in [-0.25, -0.2) is 0 Å². The molecular weight excluding hydrogens is 188 g/mol. The van der Waals surface area contributed by atoms with Gasteiger partial charge in [0.1, 0.15) is 5.78 Å². The molecule has 0 spiro atoms. The summed E-state index contributed by atoms with van der Waals surface area (Å²) in [6, 6.07) is 0.638. The first-order valence-corrected chi connectivity index (χ1v) is 6.05. The fraction of sp³-hybridized carbons (Fsp3) is 0.917. The molecule has 1 fully saturated rings. The average molecular weight is 214 g/mol. The van der Waals surface area contributed by atoms with Crippen LogP contribution in [0.25, 0.3) is 0 Å². The van der Waals surface area contributed by atoms with Gasteiger partial charge in [0, 0.05) is 32.2 Å². The van der Waals surface area contributed by atoms with Crippen molar-refractivity contribution in [1.29, 1.82) is 0 Å². The summed E-state index contributed by atoms with van der Waals surface area (Å²) >= 11 is 0. The van der Waals surface area contributed by atoms with Gasteiger partial charge in [-0.2, -0.15) is 0 Å². The zero-order chi connectivity index (χ0) is 11.8. The van der Waals surface area contributed by atoms with E-state index in [0.717, 1.165) is 26.2 Å². The summed E-state index contributed by atoms with van der Waals surface area (Å²) in [6.07, 6.45) is 0. The van der Waals surface area contributed by atoms with Crippen molar-refractivity contribution < 1.29 is 4.79 Å². The molecule has 1 saturated heterocycles. The standard InChI is InChI=1S/C10H20N2O.C2H6/c1-9(2)12-6-4-11(5-7-12)8-10(3)13;1-2/h9H,4-8H2,1-3H3;1-2H3. The van der Waals surface area contributed by atoms with Crippen LogP contribution >= 0.6 is 0 Å². The second-order valence-electron chi connectivity index (χ2n) is 4.11. The first kappa shape index (κ1) is 14.6. The van der Waals surface area contributed by atoms with Crippen LogP contribution in [0.3, 0.4) is 0 Å². The minimum atomic E-state index is 0.276. The van der Waals surface area contributed by atoms with Crippen LogP contribution in [0.2, 0.25) is 0 Å². The first-order chi connectivity index (χ1) is 7.09. The molecule has 0 radical (unpaired) electrons. The summed E-state index contributed by atoms with van der Waals surface area (Å²) in [7, 11) is 0. The zero-order valence-electron chi connectivity index (χ0n) is 10.9. The molecule has 0 aromatic heterocycles. The van der Waals surface area contributed by atoms with E-state index >= 15 is 0 Å². The molecule has 90 valence electrons. The Kier molecular flexibility index (Phi) is 7.61. The summed E-state index contributed by atoms with van der Waals surface area (Å²) in [4.78, 5) is 15.6. The molecule has 3 nitrogen and oxygen atoms in total. The first-order valence-electron chi connectivity index (χ1n) is 6.05. The molecule has 1 heterocycles. The van der Waals surface area contributed by atoms with Gasteiger partial charge in [-0.3, -0.25) is 14.6 Å². The van der Waals surface area contributed by atoms with E-state index in [-0.39, 0.29) is 5.78 Å². The van der Waals surface area contributed by atoms with E-state index in [1.807, 2.05) is 13.8 Å². The SMILES string of the molecule is CC.CC(=O)CN1CCN(C(C)C)CC1. The van der Waals surface area contributed by atoms with Crippen LogP contribution in [0.5, 0.6) is 0 Å². The normalized spacial score (nSPS) is 18.5. The van der Waals surface area contributed by atoms with Crippen LogP contribution in [0.1, 0.15) is 34.6 Å². The van der Waals surface area contributed by atoms with Crippen LogP contribution in [-0.2, 0) is 4.79 Å². The van der Waals surface area contributed by atoms with Gasteiger partial charge in [0.05, 0.1) is 6.54 Å². The highest BCUT2D eigenvalue weighted by Crippen LogP contribution is 2.05. The van der Waals surface area contributed by atoms with Gasteiger partial charge in [-0.1, -0.05) is 13.8 Å². The quantitative estimate of drug-likeness (QED) is 0.713. The Morgan fingerprint density at radius 3 is 1.93 bits per heavy atom. The molecule has 1 aliphatic heterocycles. The summed E-state index contributed by atoms with van der Waals surface area (Å²) in [6.45, 7) is 15.0. The lowest BCUT2D eigenvalue weighted by Gasteiger charge is -2.36. The summed E-state index contributed by atoms with van der Waals surface area (Å²) in [5, 5.41) is 0. The molecule has 0 aromatic rings. The molecule has 0 bridgehead atoms. The average Bonchev–Trinajstić information content (AvgIpc) is 2.20. The maximum absolute atomic E-state index is 10.9. The Bertz CT molecular complexity index is 172. The van der Waals surface area contributed by atoms with Gasteiger partial charge >= 0.3 is 0 Å². The van der Waals surface area contributed by atoms with Gasteiger partial charge in [-0.05, 0) is 20.8 Å². The monoisotopic (exact) mass is 214 g/mol. The van der Waals surface area contributed by atoms with Crippen molar-refractivity contribution in [3.63, 3.8) is 0 Å². The van der Waals surface area contributed by atoms with E-state index in [2.05, 4.69) is 23.6 Å². The van der Waals surface area contributed by atoms with Crippen molar-refractivity contribution in [1.82, 2.24) is 9.80 Å². The number of carbonyl (C=O) groups is 1. The van der Waals surface area contributed by atoms with Gasteiger partial charge < -0.3 is 0 Å². The molecule has 1 rings (SSSR count). The molecular formula is C12H26N2O. The maximum Gasteiger partial charge on any atom is 0.143 e. The van der Waals surface area contributed by atoms with Crippen molar-refractivity contribution in [3.8, 4) is 0 Å². The lowest BCUT2D eigenvalue weighted by Crippen LogP contribution is -2.49. The van der Waals surface area contributed by atoms with E-state index in [1.165, 1.54) is 0 Å². The molecule has 3 heteroatoms. The van der Waals surface area contributed by atoms with E-state index in [1.54, 1.807) is 6.92 Å². The van der Waals surface area contributed by atoms with Crippen LogP contribution < -0.4 is 0 Å². The number of carbonyl (C=O) groups excluding carboxylic acids is 1. The smallest absolute Gasteiger partial charge is 0.143 e. The molecule has 0 atom stereocenters. The number of hydrogen-bond acceptors (Lipinski definition) is 3. The Hall–Kier alpha value is -0.410. The van der Waals surface area contributed by atoms with Crippen molar-refractivity contribution in [2.45, 2.75) is 40.7 Å². The van der Waals surface area contributed by atoms with Gasteiger partial charge in [0.2, 0.25) is 0 Å². The number of piperazine rings is 1. The van der Waals surface area contributed by atoms with Crippen molar-refractivity contribution in [3.05, 3.63) is 0 Å². The Balaban J connectivity index is 0.000000921. The fourth-order valence-corrected chi connectivity index (χ4v) is 1.75. The Morgan fingerprint density at radius 1 is 1.13 bits per heavy atom. The third kappa shape index (κ3) is 5.90. The summed E-state index contributed by atoms with van der Waals surface area (Å²) in [5.74, 6) is 0.276. The number of ketones is 1. The van der Waals surface area contributed by atoms with Crippen LogP contribution in [-0.4, -0.2) is 54.3 Å². The van der Waals surface area contributed by atoms with Gasteiger partial charge in [-0.15, -0.1) is 0 Å². The third-order valence-electron chi connectivity index (χ3n) is 2.58. The topological polar surface area (TPSA) is 23.6 Å². The highest BCUT2D eigenvalue weighted by atomic mass is 16.1. The highest BCUT2D eigenvalue weighted by Gasteiger charge is 2.18. The second kappa shape index (κ2) is 7.83. The highest BCUT2D eigenvalue weighted by molar-refractivity contribution is 5.77. The number of nitrogens with zero attached hydrogens (tertiary/aromatic N) is 2. The Labute approximate surface area is 94.4 Å². The number of hydrogen-bond donors (Lipinski definition) is 0. The predicted octanol–water partition coefficient (Wildman–Crippen LogP) is 1.63. The molecule has 1 aliphatic rings. The third-order valence-corrected chi connectivity index (χ3v) is 2.58. The molecule has 0 unspecified atom stereocenters. The molecule has 0 N–H and O–H groups in total. The molecule has 15 heavy (non-hydrogen) atoms. The largest absolute Gasteiger partial charge is 0.299 e. The molecule has 0 aliphatic carbocycles. The van der Waals surface area contributed by atoms with Gasteiger partial charge in [0.25, 0.3) is 0 Å². The molecule has 0 amide bonds.